The van der Waals surface area contributed by atoms with Crippen molar-refractivity contribution in [3.05, 3.63) is 29.8 Å². The van der Waals surface area contributed by atoms with Crippen molar-refractivity contribution in [2.24, 2.45) is 11.5 Å². The van der Waals surface area contributed by atoms with Gasteiger partial charge in [-0.05, 0) is 24.1 Å². The van der Waals surface area contributed by atoms with Crippen molar-refractivity contribution in [3.8, 4) is 5.75 Å². The van der Waals surface area contributed by atoms with Crippen LogP contribution >= 0.6 is 0 Å². The highest BCUT2D eigenvalue weighted by atomic mass is 32.2. The predicted molar refractivity (Wildman–Crippen MR) is 75.5 cm³/mol. The molecule has 0 spiro atoms. The molecule has 108 valence electrons. The van der Waals surface area contributed by atoms with Crippen LogP contribution in [0, 0.1) is 0 Å². The van der Waals surface area contributed by atoms with E-state index in [1.165, 1.54) is 0 Å². The lowest BCUT2D eigenvalue weighted by Gasteiger charge is -2.12. The van der Waals surface area contributed by atoms with Crippen LogP contribution in [0.2, 0.25) is 0 Å². The van der Waals surface area contributed by atoms with Crippen LogP contribution < -0.4 is 21.0 Å². The molecule has 0 heterocycles. The summed E-state index contributed by atoms with van der Waals surface area (Å²) in [4.78, 5) is 0. The van der Waals surface area contributed by atoms with E-state index >= 15 is 0 Å². The molecular weight excluding hydrogens is 266 g/mol. The van der Waals surface area contributed by atoms with Crippen molar-refractivity contribution in [3.63, 3.8) is 0 Å². The average molecular weight is 287 g/mol. The summed E-state index contributed by atoms with van der Waals surface area (Å²) in [5.74, 6) is 0.307. The maximum atomic E-state index is 10.9. The molecule has 0 aliphatic carbocycles. The monoisotopic (exact) mass is 287 g/mol. The fraction of sp³-hybridized carbons (Fsp3) is 0.500. The minimum atomic E-state index is -3.47. The van der Waals surface area contributed by atoms with E-state index in [-0.39, 0.29) is 6.04 Å². The Hall–Kier alpha value is -1.15. The lowest BCUT2D eigenvalue weighted by atomic mass is 10.1. The third kappa shape index (κ3) is 7.12. The van der Waals surface area contributed by atoms with E-state index < -0.39 is 10.1 Å². The Balaban J connectivity index is 2.48. The molecular formula is C12H21N3O3S. The molecule has 5 N–H and O–H groups in total. The average Bonchev–Trinajstić information content (AvgIpc) is 2.30. The van der Waals surface area contributed by atoms with Gasteiger partial charge in [-0.15, -0.1) is 0 Å². The van der Waals surface area contributed by atoms with Crippen molar-refractivity contribution >= 4 is 10.1 Å². The Morgan fingerprint density at radius 3 is 2.47 bits per heavy atom. The Bertz CT molecular complexity index is 473. The van der Waals surface area contributed by atoms with Gasteiger partial charge in [0.05, 0.1) is 6.26 Å². The van der Waals surface area contributed by atoms with Gasteiger partial charge in [0, 0.05) is 25.7 Å². The molecule has 0 aromatic heterocycles. The summed E-state index contributed by atoms with van der Waals surface area (Å²) in [5, 5.41) is 3.14. The van der Waals surface area contributed by atoms with Gasteiger partial charge in [0.15, 0.2) is 0 Å². The van der Waals surface area contributed by atoms with Gasteiger partial charge < -0.3 is 21.0 Å². The molecule has 1 rings (SSSR count). The molecule has 0 saturated heterocycles. The third-order valence-corrected chi connectivity index (χ3v) is 2.89. The third-order valence-electron chi connectivity index (χ3n) is 2.40. The molecule has 6 nitrogen and oxygen atoms in total. The van der Waals surface area contributed by atoms with Gasteiger partial charge in [-0.25, -0.2) is 0 Å². The highest BCUT2D eigenvalue weighted by molar-refractivity contribution is 7.86. The zero-order chi connectivity index (χ0) is 14.3. The van der Waals surface area contributed by atoms with Crippen LogP contribution in [-0.4, -0.2) is 40.3 Å². The second-order valence-electron chi connectivity index (χ2n) is 4.39. The van der Waals surface area contributed by atoms with E-state index in [1.54, 1.807) is 12.1 Å². The van der Waals surface area contributed by atoms with E-state index in [1.807, 2.05) is 12.1 Å². The molecule has 0 aliphatic rings. The van der Waals surface area contributed by atoms with E-state index in [4.69, 9.17) is 15.7 Å². The summed E-state index contributed by atoms with van der Waals surface area (Å²) in [6.07, 6.45) is 1.72. The van der Waals surface area contributed by atoms with Gasteiger partial charge in [-0.2, -0.15) is 8.42 Å². The van der Waals surface area contributed by atoms with Gasteiger partial charge in [0.1, 0.15) is 5.75 Å². The zero-order valence-corrected chi connectivity index (χ0v) is 11.8. The van der Waals surface area contributed by atoms with E-state index in [2.05, 4.69) is 5.32 Å². The predicted octanol–water partition coefficient (Wildman–Crippen LogP) is -0.557. The molecule has 0 fully saturated rings. The molecule has 0 radical (unpaired) electrons. The summed E-state index contributed by atoms with van der Waals surface area (Å²) in [5.41, 5.74) is 12.4. The first-order valence-electron chi connectivity index (χ1n) is 6.05. The number of benzene rings is 1. The topological polar surface area (TPSA) is 107 Å². The molecule has 0 aliphatic heterocycles. The molecule has 1 aromatic carbocycles. The smallest absolute Gasteiger partial charge is 0.306 e. The van der Waals surface area contributed by atoms with Gasteiger partial charge in [0.25, 0.3) is 0 Å². The first-order valence-corrected chi connectivity index (χ1v) is 7.87. The number of hydrogen-bond donors (Lipinski definition) is 3. The minimum Gasteiger partial charge on any atom is -0.383 e. The van der Waals surface area contributed by atoms with Crippen LogP contribution in [0.25, 0.3) is 0 Å². The molecule has 1 atom stereocenters. The Kier molecular flexibility index (Phi) is 6.23. The van der Waals surface area contributed by atoms with Gasteiger partial charge in [-0.1, -0.05) is 12.1 Å². The maximum Gasteiger partial charge on any atom is 0.306 e. The van der Waals surface area contributed by atoms with Crippen LogP contribution in [0.1, 0.15) is 5.56 Å². The lowest BCUT2D eigenvalue weighted by Crippen LogP contribution is -2.37. The normalized spacial score (nSPS) is 13.2. The Labute approximate surface area is 114 Å². The number of hydrogen-bond acceptors (Lipinski definition) is 6. The van der Waals surface area contributed by atoms with Crippen LogP contribution in [-0.2, 0) is 16.5 Å². The number of rotatable bonds is 8. The van der Waals surface area contributed by atoms with Crippen molar-refractivity contribution in [2.45, 2.75) is 12.5 Å². The van der Waals surface area contributed by atoms with E-state index in [0.717, 1.165) is 18.4 Å². The highest BCUT2D eigenvalue weighted by Gasteiger charge is 2.06. The van der Waals surface area contributed by atoms with Crippen molar-refractivity contribution in [1.29, 1.82) is 0 Å². The summed E-state index contributed by atoms with van der Waals surface area (Å²) in [6, 6.07) is 6.85. The molecule has 0 bridgehead atoms. The Morgan fingerprint density at radius 1 is 1.32 bits per heavy atom. The quantitative estimate of drug-likeness (QED) is 0.437. The first-order chi connectivity index (χ1) is 8.90. The molecule has 19 heavy (non-hydrogen) atoms. The second-order valence-corrected chi connectivity index (χ2v) is 5.96. The summed E-state index contributed by atoms with van der Waals surface area (Å²) >= 11 is 0. The summed E-state index contributed by atoms with van der Waals surface area (Å²) in [7, 11) is -3.47. The molecule has 0 unspecified atom stereocenters. The highest BCUT2D eigenvalue weighted by Crippen LogP contribution is 2.14. The van der Waals surface area contributed by atoms with E-state index in [9.17, 15) is 8.42 Å². The van der Waals surface area contributed by atoms with Crippen LogP contribution in [0.3, 0.4) is 0 Å². The zero-order valence-electron chi connectivity index (χ0n) is 11.0. The fourth-order valence-corrected chi connectivity index (χ4v) is 2.08. The Morgan fingerprint density at radius 2 is 1.95 bits per heavy atom. The standard InChI is InChI=1S/C12H21N3O3S/c1-19(16,17)18-12-4-2-10(3-5-12)8-11(14)9-15-7-6-13/h2-5,11,15H,6-9,13-14H2,1H3/t11-/m0/s1. The van der Waals surface area contributed by atoms with Gasteiger partial charge >= 0.3 is 10.1 Å². The second kappa shape index (κ2) is 7.44. The van der Waals surface area contributed by atoms with Crippen molar-refractivity contribution in [2.75, 3.05) is 25.9 Å². The molecule has 7 heteroatoms. The van der Waals surface area contributed by atoms with Crippen LogP contribution in [0.4, 0.5) is 0 Å². The molecule has 1 aromatic rings. The van der Waals surface area contributed by atoms with Crippen molar-refractivity contribution in [1.82, 2.24) is 5.32 Å². The van der Waals surface area contributed by atoms with Gasteiger partial charge in [0.2, 0.25) is 0 Å². The van der Waals surface area contributed by atoms with Gasteiger partial charge in [-0.3, -0.25) is 0 Å². The van der Waals surface area contributed by atoms with Crippen LogP contribution in [0.5, 0.6) is 5.75 Å². The lowest BCUT2D eigenvalue weighted by molar-refractivity contribution is 0.492. The van der Waals surface area contributed by atoms with E-state index in [0.29, 0.717) is 25.3 Å². The number of nitrogens with two attached hydrogens (primary N) is 2. The molecule has 0 saturated carbocycles. The summed E-state index contributed by atoms with van der Waals surface area (Å²) < 4.78 is 26.7. The fourth-order valence-electron chi connectivity index (χ4n) is 1.62. The molecule has 0 amide bonds. The maximum absolute atomic E-state index is 10.9. The summed E-state index contributed by atoms with van der Waals surface area (Å²) in [6.45, 7) is 2.03. The van der Waals surface area contributed by atoms with Crippen LogP contribution in [0.15, 0.2) is 24.3 Å². The SMILES string of the molecule is CS(=O)(=O)Oc1ccc(C[C@H](N)CNCCN)cc1. The minimum absolute atomic E-state index is 0.00627. The first kappa shape index (κ1) is 15.9. The largest absolute Gasteiger partial charge is 0.383 e. The van der Waals surface area contributed by atoms with Crippen molar-refractivity contribution < 1.29 is 12.6 Å². The number of nitrogens with one attached hydrogen (secondary N) is 1.